The first-order chi connectivity index (χ1) is 12.9. The minimum atomic E-state index is 0. The van der Waals surface area contributed by atoms with Gasteiger partial charge in [-0.15, -0.1) is 35.4 Å². The van der Waals surface area contributed by atoms with E-state index in [4.69, 9.17) is 12.8 Å². The van der Waals surface area contributed by atoms with Crippen molar-refractivity contribution < 1.29 is 21.7 Å². The molecule has 0 N–H and O–H groups in total. The van der Waals surface area contributed by atoms with Crippen LogP contribution in [0.25, 0.3) is 0 Å². The fourth-order valence-corrected chi connectivity index (χ4v) is 1.40. The Morgan fingerprint density at radius 2 is 0.852 bits per heavy atom. The monoisotopic (exact) mass is 372 g/mol. The van der Waals surface area contributed by atoms with Gasteiger partial charge in [0.2, 0.25) is 0 Å². The van der Waals surface area contributed by atoms with Crippen LogP contribution in [0.1, 0.15) is 11.1 Å². The maximum atomic E-state index is 6.69. The van der Waals surface area contributed by atoms with E-state index in [1.165, 1.54) is 0 Å². The molecule has 0 aliphatic carbocycles. The first-order valence-electron chi connectivity index (χ1n) is 7.48. The van der Waals surface area contributed by atoms with Gasteiger partial charge >= 0.3 is 0 Å². The summed E-state index contributed by atoms with van der Waals surface area (Å²) in [4.78, 5) is 0. The van der Waals surface area contributed by atoms with Crippen LogP contribution < -0.4 is 0 Å². The van der Waals surface area contributed by atoms with E-state index in [1.54, 1.807) is 12.1 Å². The van der Waals surface area contributed by atoms with Crippen LogP contribution in [0.4, 0.5) is 0 Å². The standard InChI is InChI=1S/2C8H5.2C5H.Ti/c2*1-2-8-6-4-3-5-7-8;2*1-2-4-5-3-1;/h2*3-7H;2*1H;/q2*-1;2*-5;. The second-order valence-corrected chi connectivity index (χ2v) is 4.35. The van der Waals surface area contributed by atoms with Gasteiger partial charge in [-0.2, -0.15) is 0 Å². The second-order valence-electron chi connectivity index (χ2n) is 4.35. The third-order valence-corrected chi connectivity index (χ3v) is 2.54. The summed E-state index contributed by atoms with van der Waals surface area (Å²) < 4.78 is 0. The Balaban J connectivity index is 0.000000337. The molecule has 4 aromatic carbocycles. The molecule has 1 heteroatoms. The number of benzene rings is 2. The van der Waals surface area contributed by atoms with Crippen molar-refractivity contribution in [1.29, 1.82) is 0 Å². The van der Waals surface area contributed by atoms with Gasteiger partial charge in [0.15, 0.2) is 0 Å². The van der Waals surface area contributed by atoms with Gasteiger partial charge in [-0.25, -0.2) is 0 Å². The summed E-state index contributed by atoms with van der Waals surface area (Å²) in [5, 5.41) is 0. The van der Waals surface area contributed by atoms with E-state index >= 15 is 0 Å². The van der Waals surface area contributed by atoms with Crippen molar-refractivity contribution in [3.63, 3.8) is 0 Å². The van der Waals surface area contributed by atoms with E-state index in [2.05, 4.69) is 60.4 Å². The predicted octanol–water partition coefficient (Wildman–Crippen LogP) is 4.46. The molecule has 132 valence electrons. The quantitative estimate of drug-likeness (QED) is 0.243. The SMILES string of the molecule is [C-]#Cc1ccccc1.[C-]#Cc1ccccc1.[Ti].[c-]1[c-][c-][cH-][c-]1.[c-]1[c-][c-][cH-][c-]1. The molecule has 0 nitrogen and oxygen atoms in total. The molecular weight excluding hydrogens is 360 g/mol. The molecule has 0 saturated heterocycles. The van der Waals surface area contributed by atoms with E-state index in [-0.39, 0.29) is 21.7 Å². The van der Waals surface area contributed by atoms with Gasteiger partial charge in [0.25, 0.3) is 0 Å². The predicted molar refractivity (Wildman–Crippen MR) is 100 cm³/mol. The summed E-state index contributed by atoms with van der Waals surface area (Å²) in [5.74, 6) is 4.55. The van der Waals surface area contributed by atoms with E-state index in [0.717, 1.165) is 11.1 Å². The van der Waals surface area contributed by atoms with Crippen LogP contribution in [0.15, 0.2) is 72.8 Å². The van der Waals surface area contributed by atoms with Gasteiger partial charge in [0.05, 0.1) is 0 Å². The van der Waals surface area contributed by atoms with Crippen molar-refractivity contribution in [2.75, 3.05) is 0 Å². The molecule has 0 radical (unpaired) electrons. The van der Waals surface area contributed by atoms with Crippen LogP contribution in [0, 0.1) is 73.2 Å². The number of hydrogen-bond acceptors (Lipinski definition) is 0. The summed E-state index contributed by atoms with van der Waals surface area (Å²) in [6.07, 6.45) is 13.4. The van der Waals surface area contributed by atoms with Crippen molar-refractivity contribution in [3.05, 3.63) is 145 Å². The molecular formula is C26H12Ti-12. The van der Waals surface area contributed by atoms with Gasteiger partial charge < -0.3 is 73.5 Å². The molecule has 27 heavy (non-hydrogen) atoms. The van der Waals surface area contributed by atoms with E-state index in [1.807, 2.05) is 60.7 Å². The first kappa shape index (κ1) is 24.0. The molecule has 0 unspecified atom stereocenters. The molecule has 0 bridgehead atoms. The third kappa shape index (κ3) is 13.9. The maximum absolute atomic E-state index is 6.69. The average molecular weight is 372 g/mol. The Kier molecular flexibility index (Phi) is 15.8. The molecule has 0 saturated carbocycles. The van der Waals surface area contributed by atoms with Crippen molar-refractivity contribution >= 4 is 0 Å². The zero-order valence-corrected chi connectivity index (χ0v) is 16.0. The minimum Gasteiger partial charge on any atom is -0.999 e. The summed E-state index contributed by atoms with van der Waals surface area (Å²) in [5.41, 5.74) is 1.65. The Morgan fingerprint density at radius 3 is 1.00 bits per heavy atom. The molecule has 0 spiro atoms. The van der Waals surface area contributed by atoms with Crippen LogP contribution in [0.2, 0.25) is 0 Å². The molecule has 0 aromatic heterocycles. The summed E-state index contributed by atoms with van der Waals surface area (Å²) in [7, 11) is 0. The topological polar surface area (TPSA) is 0 Å². The molecule has 4 aromatic rings. The third-order valence-electron chi connectivity index (χ3n) is 2.54. The van der Waals surface area contributed by atoms with Crippen molar-refractivity contribution in [2.24, 2.45) is 0 Å². The summed E-state index contributed by atoms with van der Waals surface area (Å²) >= 11 is 0. The molecule has 0 atom stereocenters. The summed E-state index contributed by atoms with van der Waals surface area (Å²) in [6.45, 7) is 0. The van der Waals surface area contributed by atoms with Gasteiger partial charge in [-0.05, 0) is 0 Å². The Morgan fingerprint density at radius 1 is 0.556 bits per heavy atom. The largest absolute Gasteiger partial charge is 0.999 e. The number of hydrogen-bond donors (Lipinski definition) is 0. The minimum absolute atomic E-state index is 0. The van der Waals surface area contributed by atoms with E-state index < -0.39 is 0 Å². The van der Waals surface area contributed by atoms with Crippen LogP contribution in [-0.4, -0.2) is 0 Å². The van der Waals surface area contributed by atoms with Gasteiger partial charge in [-0.3, -0.25) is 11.8 Å². The Hall–Kier alpha value is -3.03. The zero-order chi connectivity index (χ0) is 18.7. The number of rotatable bonds is 0. The molecule has 0 heterocycles. The van der Waals surface area contributed by atoms with Crippen molar-refractivity contribution in [2.45, 2.75) is 0 Å². The molecule has 4 rings (SSSR count). The molecule has 0 aliphatic rings. The average Bonchev–Trinajstić information content (AvgIpc) is 3.48. The van der Waals surface area contributed by atoms with Crippen LogP contribution in [-0.2, 0) is 21.7 Å². The van der Waals surface area contributed by atoms with Crippen LogP contribution in [0.5, 0.6) is 0 Å². The van der Waals surface area contributed by atoms with E-state index in [9.17, 15) is 0 Å². The summed E-state index contributed by atoms with van der Waals surface area (Å²) in [6, 6.07) is 42.7. The zero-order valence-electron chi connectivity index (χ0n) is 14.4. The first-order valence-corrected chi connectivity index (χ1v) is 7.48. The van der Waals surface area contributed by atoms with Crippen molar-refractivity contribution in [1.82, 2.24) is 0 Å². The van der Waals surface area contributed by atoms with Gasteiger partial charge in [-0.1, -0.05) is 36.4 Å². The van der Waals surface area contributed by atoms with Gasteiger partial charge in [0.1, 0.15) is 0 Å². The van der Waals surface area contributed by atoms with E-state index in [0.29, 0.717) is 0 Å². The fraction of sp³-hybridized carbons (Fsp3) is 0. The Bertz CT molecular complexity index is 718. The normalized spacial score (nSPS) is 7.63. The second kappa shape index (κ2) is 17.8. The fourth-order valence-electron chi connectivity index (χ4n) is 1.40. The molecule has 0 aliphatic heterocycles. The van der Waals surface area contributed by atoms with Crippen molar-refractivity contribution in [3.8, 4) is 11.8 Å². The maximum Gasteiger partial charge on any atom is 0 e. The van der Waals surface area contributed by atoms with Gasteiger partial charge in [0, 0.05) is 21.7 Å². The molecule has 0 amide bonds. The molecule has 0 fully saturated rings. The smallest absolute Gasteiger partial charge is 0 e. The van der Waals surface area contributed by atoms with Crippen LogP contribution in [0.3, 0.4) is 0 Å². The Labute approximate surface area is 178 Å². The van der Waals surface area contributed by atoms with Crippen LogP contribution >= 0.6 is 0 Å².